The lowest BCUT2D eigenvalue weighted by Gasteiger charge is -2.28. The Morgan fingerprint density at radius 1 is 1.40 bits per heavy atom. The number of hydrogen-bond acceptors (Lipinski definition) is 2. The molecule has 2 nitrogen and oxygen atoms in total. The molecule has 0 heterocycles. The summed E-state index contributed by atoms with van der Waals surface area (Å²) >= 11 is 0. The van der Waals surface area contributed by atoms with Gasteiger partial charge in [0.1, 0.15) is 0 Å². The third kappa shape index (κ3) is 1.96. The lowest BCUT2D eigenvalue weighted by Crippen LogP contribution is -2.46. The predicted octanol–water partition coefficient (Wildman–Crippen LogP) is 0.866. The molecule has 0 aromatic rings. The summed E-state index contributed by atoms with van der Waals surface area (Å²) in [5, 5.41) is 3.41. The number of likely N-dealkylation sites (N-methyl/N-ethyl adjacent to an activating group) is 1. The highest BCUT2D eigenvalue weighted by Gasteiger charge is 2.19. The quantitative estimate of drug-likeness (QED) is 0.600. The van der Waals surface area contributed by atoms with Crippen molar-refractivity contribution in [1.29, 1.82) is 0 Å². The molecule has 3 N–H and O–H groups in total. The Morgan fingerprint density at radius 2 is 2.10 bits per heavy atom. The molecular weight excluding hydrogens is 124 g/mol. The Balaban J connectivity index is 2.25. The van der Waals surface area contributed by atoms with Crippen LogP contribution >= 0.6 is 0 Å². The minimum Gasteiger partial charge on any atom is -0.326 e. The van der Waals surface area contributed by atoms with Crippen LogP contribution in [0.5, 0.6) is 0 Å². The van der Waals surface area contributed by atoms with Crippen LogP contribution in [0.25, 0.3) is 0 Å². The lowest BCUT2D eigenvalue weighted by molar-refractivity contribution is 0.333. The third-order valence-corrected chi connectivity index (χ3v) is 2.29. The summed E-state index contributed by atoms with van der Waals surface area (Å²) in [6, 6.07) is 1.01. The minimum absolute atomic E-state index is 0.411. The van der Waals surface area contributed by atoms with Crippen LogP contribution in [0.4, 0.5) is 0 Å². The molecule has 0 aliphatic heterocycles. The molecule has 1 fully saturated rings. The van der Waals surface area contributed by atoms with Crippen LogP contribution in [-0.2, 0) is 0 Å². The maximum Gasteiger partial charge on any atom is 0.0218 e. The van der Waals surface area contributed by atoms with Gasteiger partial charge in [0.25, 0.3) is 0 Å². The zero-order valence-corrected chi connectivity index (χ0v) is 6.77. The van der Waals surface area contributed by atoms with E-state index in [-0.39, 0.29) is 0 Å². The predicted molar refractivity (Wildman–Crippen MR) is 43.9 cm³/mol. The van der Waals surface area contributed by atoms with Gasteiger partial charge in [0.2, 0.25) is 0 Å². The van der Waals surface area contributed by atoms with E-state index in [0.29, 0.717) is 12.1 Å². The Kier molecular flexibility index (Phi) is 3.16. The van der Waals surface area contributed by atoms with Crippen LogP contribution in [0.15, 0.2) is 0 Å². The van der Waals surface area contributed by atoms with E-state index < -0.39 is 0 Å². The summed E-state index contributed by atoms with van der Waals surface area (Å²) in [6.45, 7) is 3.19. The topological polar surface area (TPSA) is 38.0 Å². The second kappa shape index (κ2) is 3.94. The van der Waals surface area contributed by atoms with E-state index in [0.717, 1.165) is 6.54 Å². The molecule has 0 radical (unpaired) electrons. The fourth-order valence-corrected chi connectivity index (χ4v) is 1.68. The molecule has 1 aliphatic carbocycles. The number of rotatable bonds is 2. The Bertz CT molecular complexity index is 91.3. The minimum atomic E-state index is 0.411. The van der Waals surface area contributed by atoms with Gasteiger partial charge >= 0.3 is 0 Å². The molecule has 1 saturated carbocycles. The monoisotopic (exact) mass is 142 g/mol. The highest BCUT2D eigenvalue weighted by molar-refractivity contribution is 4.82. The average Bonchev–Trinajstić information content (AvgIpc) is 1.94. The van der Waals surface area contributed by atoms with E-state index in [1.807, 2.05) is 0 Å². The molecule has 0 amide bonds. The molecule has 2 atom stereocenters. The van der Waals surface area contributed by atoms with Gasteiger partial charge in [0.15, 0.2) is 0 Å². The normalized spacial score (nSPS) is 34.2. The summed E-state index contributed by atoms with van der Waals surface area (Å²) in [6.07, 6.45) is 5.15. The molecule has 60 valence electrons. The molecule has 0 spiro atoms. The molecule has 1 aliphatic rings. The van der Waals surface area contributed by atoms with Crippen molar-refractivity contribution in [3.8, 4) is 0 Å². The highest BCUT2D eigenvalue weighted by atomic mass is 14.9. The van der Waals surface area contributed by atoms with Gasteiger partial charge in [-0.3, -0.25) is 0 Å². The van der Waals surface area contributed by atoms with E-state index in [4.69, 9.17) is 5.73 Å². The van der Waals surface area contributed by atoms with Crippen molar-refractivity contribution in [1.82, 2.24) is 5.32 Å². The first-order chi connectivity index (χ1) is 4.84. The van der Waals surface area contributed by atoms with E-state index in [1.54, 1.807) is 0 Å². The maximum atomic E-state index is 5.90. The Hall–Kier alpha value is -0.0800. The molecule has 1 rings (SSSR count). The van der Waals surface area contributed by atoms with Crippen LogP contribution in [0.1, 0.15) is 32.6 Å². The van der Waals surface area contributed by atoms with Crippen LogP contribution < -0.4 is 11.1 Å². The molecule has 0 saturated heterocycles. The van der Waals surface area contributed by atoms with E-state index in [1.165, 1.54) is 25.7 Å². The SMILES string of the molecule is CCN[C@H]1CCCC[C@@H]1N. The molecule has 0 aromatic carbocycles. The molecular formula is C8H18N2. The highest BCUT2D eigenvalue weighted by Crippen LogP contribution is 2.16. The van der Waals surface area contributed by atoms with Crippen molar-refractivity contribution in [2.24, 2.45) is 5.73 Å². The first-order valence-electron chi connectivity index (χ1n) is 4.33. The molecule has 10 heavy (non-hydrogen) atoms. The van der Waals surface area contributed by atoms with Crippen molar-refractivity contribution < 1.29 is 0 Å². The van der Waals surface area contributed by atoms with Crippen molar-refractivity contribution >= 4 is 0 Å². The largest absolute Gasteiger partial charge is 0.326 e. The lowest BCUT2D eigenvalue weighted by atomic mass is 9.91. The van der Waals surface area contributed by atoms with Crippen molar-refractivity contribution in [2.45, 2.75) is 44.7 Å². The van der Waals surface area contributed by atoms with Gasteiger partial charge in [-0.1, -0.05) is 19.8 Å². The van der Waals surface area contributed by atoms with Crippen LogP contribution in [0.3, 0.4) is 0 Å². The number of nitrogens with one attached hydrogen (secondary N) is 1. The van der Waals surface area contributed by atoms with Gasteiger partial charge in [-0.2, -0.15) is 0 Å². The Labute approximate surface area is 63.2 Å². The first kappa shape index (κ1) is 8.02. The van der Waals surface area contributed by atoms with Gasteiger partial charge < -0.3 is 11.1 Å². The van der Waals surface area contributed by atoms with Crippen molar-refractivity contribution in [2.75, 3.05) is 6.54 Å². The fraction of sp³-hybridized carbons (Fsp3) is 1.00. The van der Waals surface area contributed by atoms with Gasteiger partial charge in [-0.05, 0) is 19.4 Å². The van der Waals surface area contributed by atoms with Crippen LogP contribution in [0, 0.1) is 0 Å². The van der Waals surface area contributed by atoms with E-state index in [9.17, 15) is 0 Å². The Morgan fingerprint density at radius 3 is 2.70 bits per heavy atom. The zero-order chi connectivity index (χ0) is 7.40. The fourth-order valence-electron chi connectivity index (χ4n) is 1.68. The molecule has 0 aromatic heterocycles. The summed E-state index contributed by atoms with van der Waals surface area (Å²) in [5.41, 5.74) is 5.90. The van der Waals surface area contributed by atoms with E-state index in [2.05, 4.69) is 12.2 Å². The van der Waals surface area contributed by atoms with Crippen LogP contribution in [0.2, 0.25) is 0 Å². The molecule has 0 bridgehead atoms. The van der Waals surface area contributed by atoms with E-state index >= 15 is 0 Å². The zero-order valence-electron chi connectivity index (χ0n) is 6.77. The summed E-state index contributed by atoms with van der Waals surface area (Å²) < 4.78 is 0. The molecule has 0 unspecified atom stereocenters. The van der Waals surface area contributed by atoms with Gasteiger partial charge in [-0.25, -0.2) is 0 Å². The van der Waals surface area contributed by atoms with Gasteiger partial charge in [0.05, 0.1) is 0 Å². The first-order valence-corrected chi connectivity index (χ1v) is 4.33. The van der Waals surface area contributed by atoms with Crippen molar-refractivity contribution in [3.63, 3.8) is 0 Å². The second-order valence-corrected chi connectivity index (χ2v) is 3.11. The number of nitrogens with two attached hydrogens (primary N) is 1. The smallest absolute Gasteiger partial charge is 0.0218 e. The third-order valence-electron chi connectivity index (χ3n) is 2.29. The maximum absolute atomic E-state index is 5.90. The summed E-state index contributed by atoms with van der Waals surface area (Å²) in [4.78, 5) is 0. The van der Waals surface area contributed by atoms with Crippen molar-refractivity contribution in [3.05, 3.63) is 0 Å². The summed E-state index contributed by atoms with van der Waals surface area (Å²) in [5.74, 6) is 0. The summed E-state index contributed by atoms with van der Waals surface area (Å²) in [7, 11) is 0. The van der Waals surface area contributed by atoms with Gasteiger partial charge in [-0.15, -0.1) is 0 Å². The van der Waals surface area contributed by atoms with Crippen LogP contribution in [-0.4, -0.2) is 18.6 Å². The average molecular weight is 142 g/mol. The number of hydrogen-bond donors (Lipinski definition) is 2. The van der Waals surface area contributed by atoms with Gasteiger partial charge in [0, 0.05) is 12.1 Å². The second-order valence-electron chi connectivity index (χ2n) is 3.11. The standard InChI is InChI=1S/C8H18N2/c1-2-10-8-6-4-3-5-7(8)9/h7-8,10H,2-6,9H2,1H3/t7-,8-/m0/s1. The molecule has 2 heteroatoms.